The van der Waals surface area contributed by atoms with Gasteiger partial charge in [-0.2, -0.15) is 0 Å². The van der Waals surface area contributed by atoms with Crippen LogP contribution in [0.1, 0.15) is 68.3 Å². The molecule has 0 bridgehead atoms. The van der Waals surface area contributed by atoms with E-state index < -0.39 is 5.41 Å². The third-order valence-corrected chi connectivity index (χ3v) is 7.44. The van der Waals surface area contributed by atoms with Crippen LogP contribution >= 0.6 is 0 Å². The largest absolute Gasteiger partial charge is 0.491 e. The van der Waals surface area contributed by atoms with Crippen molar-refractivity contribution in [2.45, 2.75) is 64.8 Å². The summed E-state index contributed by atoms with van der Waals surface area (Å²) in [5, 5.41) is 3.33. The Morgan fingerprint density at radius 3 is 2.51 bits per heavy atom. The number of nitrogens with one attached hydrogen (secondary N) is 1. The molecule has 0 unspecified atom stereocenters. The van der Waals surface area contributed by atoms with Crippen LogP contribution in [0.5, 0.6) is 5.75 Å². The first-order valence-electron chi connectivity index (χ1n) is 12.9. The maximum atomic E-state index is 13.7. The summed E-state index contributed by atoms with van der Waals surface area (Å²) in [5.41, 5.74) is 1.22. The molecule has 1 atom stereocenters. The smallest absolute Gasteiger partial charge is 0.253 e. The molecule has 2 aliphatic rings. The van der Waals surface area contributed by atoms with Gasteiger partial charge >= 0.3 is 0 Å². The van der Waals surface area contributed by atoms with Gasteiger partial charge in [-0.15, -0.1) is 0 Å². The number of aryl methyl sites for hydroxylation is 1. The van der Waals surface area contributed by atoms with Crippen molar-refractivity contribution in [3.8, 4) is 5.75 Å². The molecule has 2 aromatic rings. The Morgan fingerprint density at radius 2 is 1.80 bits per heavy atom. The number of hydrogen-bond acceptors (Lipinski definition) is 3. The lowest BCUT2D eigenvalue weighted by molar-refractivity contribution is -0.135. The average molecular weight is 481 g/mol. The predicted octanol–water partition coefficient (Wildman–Crippen LogP) is 5.38. The molecule has 5 nitrogen and oxygen atoms in total. The minimum absolute atomic E-state index is 0.0641. The van der Waals surface area contributed by atoms with E-state index in [-0.39, 0.29) is 23.7 Å². The van der Waals surface area contributed by atoms with Crippen LogP contribution in [0.15, 0.2) is 48.5 Å². The Labute approximate surface area is 208 Å². The molecular weight excluding hydrogens is 443 g/mol. The fraction of sp³-hybridized carbons (Fsp3) is 0.517. The maximum Gasteiger partial charge on any atom is 0.253 e. The molecule has 2 heterocycles. The number of piperidine rings is 1. The summed E-state index contributed by atoms with van der Waals surface area (Å²) in [5.74, 6) is 0.980. The van der Waals surface area contributed by atoms with Crippen molar-refractivity contribution >= 4 is 11.8 Å². The highest BCUT2D eigenvalue weighted by molar-refractivity contribution is 5.94. The van der Waals surface area contributed by atoms with E-state index in [1.807, 2.05) is 12.1 Å². The van der Waals surface area contributed by atoms with Gasteiger partial charge in [-0.25, -0.2) is 4.39 Å². The van der Waals surface area contributed by atoms with Crippen molar-refractivity contribution in [2.24, 2.45) is 11.3 Å². The van der Waals surface area contributed by atoms with Gasteiger partial charge in [0.2, 0.25) is 5.91 Å². The molecule has 0 radical (unpaired) electrons. The first kappa shape index (κ1) is 25.2. The molecule has 2 aliphatic heterocycles. The van der Waals surface area contributed by atoms with E-state index in [0.29, 0.717) is 44.0 Å². The Morgan fingerprint density at radius 1 is 1.09 bits per heavy atom. The van der Waals surface area contributed by atoms with Crippen LogP contribution < -0.4 is 10.1 Å². The minimum Gasteiger partial charge on any atom is -0.491 e. The van der Waals surface area contributed by atoms with Crippen molar-refractivity contribution in [3.05, 3.63) is 65.5 Å². The van der Waals surface area contributed by atoms with E-state index in [1.54, 1.807) is 4.90 Å². The molecule has 2 aromatic carbocycles. The van der Waals surface area contributed by atoms with E-state index in [4.69, 9.17) is 4.74 Å². The van der Waals surface area contributed by atoms with Crippen LogP contribution in [0.25, 0.3) is 0 Å². The number of likely N-dealkylation sites (tertiary alicyclic amines) is 1. The number of rotatable bonds is 3. The van der Waals surface area contributed by atoms with Crippen molar-refractivity contribution in [2.75, 3.05) is 19.7 Å². The van der Waals surface area contributed by atoms with Crippen molar-refractivity contribution in [1.82, 2.24) is 10.2 Å². The second-order valence-electron chi connectivity index (χ2n) is 10.5. The molecule has 6 heteroatoms. The first-order chi connectivity index (χ1) is 16.9. The van der Waals surface area contributed by atoms with Crippen LogP contribution in [-0.4, -0.2) is 42.5 Å². The molecule has 1 N–H and O–H groups in total. The zero-order chi connectivity index (χ0) is 24.8. The summed E-state index contributed by atoms with van der Waals surface area (Å²) in [6.07, 6.45) is 5.80. The van der Waals surface area contributed by atoms with Crippen LogP contribution in [0.4, 0.5) is 4.39 Å². The van der Waals surface area contributed by atoms with Gasteiger partial charge in [0.05, 0.1) is 11.5 Å². The normalized spacial score (nSPS) is 20.9. The maximum absolute atomic E-state index is 13.7. The summed E-state index contributed by atoms with van der Waals surface area (Å²) in [6.45, 7) is 5.82. The molecule has 188 valence electrons. The van der Waals surface area contributed by atoms with Crippen molar-refractivity contribution in [3.63, 3.8) is 0 Å². The summed E-state index contributed by atoms with van der Waals surface area (Å²) < 4.78 is 19.5. The Hall–Kier alpha value is -2.89. The topological polar surface area (TPSA) is 58.6 Å². The molecule has 1 saturated heterocycles. The SMILES string of the molecule is CC(C)C[C@H]1COc2ccccc2CCCCC2(CCN(C(=O)c3ccc(F)cc3)CC2)C(=O)N1. The number of amides is 2. The zero-order valence-electron chi connectivity index (χ0n) is 20.9. The number of halogens is 1. The number of ether oxygens (including phenoxy) is 1. The standard InChI is InChI=1S/C29H37FN2O3/c1-21(2)19-25-20-35-26-9-4-3-7-22(26)8-5-6-14-29(28(34)31-25)15-17-32(18-16-29)27(33)23-10-12-24(30)13-11-23/h3-4,7,9-13,21,25H,5-6,8,14-20H2,1-2H3,(H,31,34)/t25-/m0/s1. The summed E-state index contributed by atoms with van der Waals surface area (Å²) in [7, 11) is 0. The number of carbonyl (C=O) groups is 2. The lowest BCUT2D eigenvalue weighted by Crippen LogP contribution is -2.53. The van der Waals surface area contributed by atoms with Crippen molar-refractivity contribution < 1.29 is 18.7 Å². The molecule has 2 amide bonds. The van der Waals surface area contributed by atoms with Crippen molar-refractivity contribution in [1.29, 1.82) is 0 Å². The lowest BCUT2D eigenvalue weighted by Gasteiger charge is -2.42. The number of para-hydroxylation sites is 1. The molecule has 0 saturated carbocycles. The summed E-state index contributed by atoms with van der Waals surface area (Å²) in [4.78, 5) is 28.5. The van der Waals surface area contributed by atoms with Gasteiger partial charge in [-0.1, -0.05) is 38.5 Å². The minimum atomic E-state index is -0.479. The summed E-state index contributed by atoms with van der Waals surface area (Å²) in [6, 6.07) is 13.8. The van der Waals surface area contributed by atoms with Gasteiger partial charge in [-0.3, -0.25) is 9.59 Å². The molecule has 1 spiro atoms. The predicted molar refractivity (Wildman–Crippen MR) is 135 cm³/mol. The number of hydrogen-bond donors (Lipinski definition) is 1. The molecular formula is C29H37FN2O3. The second-order valence-corrected chi connectivity index (χ2v) is 10.5. The Balaban J connectivity index is 1.49. The van der Waals surface area contributed by atoms with Gasteiger partial charge in [0.1, 0.15) is 18.2 Å². The van der Waals surface area contributed by atoms with Crippen LogP contribution in [0.3, 0.4) is 0 Å². The van der Waals surface area contributed by atoms with E-state index in [9.17, 15) is 14.0 Å². The van der Waals surface area contributed by atoms with Gasteiger partial charge in [0, 0.05) is 18.7 Å². The van der Waals surface area contributed by atoms with Gasteiger partial charge in [-0.05, 0) is 80.3 Å². The lowest BCUT2D eigenvalue weighted by atomic mass is 9.73. The highest BCUT2D eigenvalue weighted by atomic mass is 19.1. The first-order valence-corrected chi connectivity index (χ1v) is 12.9. The number of carbonyl (C=O) groups excluding carboxylic acids is 2. The van der Waals surface area contributed by atoms with Crippen LogP contribution in [0.2, 0.25) is 0 Å². The quantitative estimate of drug-likeness (QED) is 0.641. The molecule has 0 aromatic heterocycles. The molecule has 1 fully saturated rings. The summed E-state index contributed by atoms with van der Waals surface area (Å²) >= 11 is 0. The van der Waals surface area contributed by atoms with E-state index in [1.165, 1.54) is 29.8 Å². The van der Waals surface area contributed by atoms with Gasteiger partial charge in [0.15, 0.2) is 0 Å². The van der Waals surface area contributed by atoms with E-state index in [2.05, 4.69) is 31.3 Å². The highest BCUT2D eigenvalue weighted by Crippen LogP contribution is 2.38. The third-order valence-electron chi connectivity index (χ3n) is 7.44. The molecule has 4 rings (SSSR count). The fourth-order valence-electron chi connectivity index (χ4n) is 5.40. The van der Waals surface area contributed by atoms with E-state index >= 15 is 0 Å². The van der Waals surface area contributed by atoms with Crippen LogP contribution in [0, 0.1) is 17.2 Å². The Bertz CT molecular complexity index is 1010. The third kappa shape index (κ3) is 6.22. The number of nitrogens with zero attached hydrogens (tertiary/aromatic N) is 1. The zero-order valence-corrected chi connectivity index (χ0v) is 20.9. The molecule has 0 aliphatic carbocycles. The van der Waals surface area contributed by atoms with Gasteiger partial charge < -0.3 is 15.0 Å². The average Bonchev–Trinajstić information content (AvgIpc) is 2.85. The second kappa shape index (κ2) is 11.2. The van der Waals surface area contributed by atoms with Crippen LogP contribution in [-0.2, 0) is 11.2 Å². The Kier molecular flexibility index (Phi) is 8.09. The highest BCUT2D eigenvalue weighted by Gasteiger charge is 2.42. The van der Waals surface area contributed by atoms with Gasteiger partial charge in [0.25, 0.3) is 5.91 Å². The molecule has 35 heavy (non-hydrogen) atoms. The number of fused-ring (bicyclic) bond motifs is 1. The number of benzene rings is 2. The van der Waals surface area contributed by atoms with E-state index in [0.717, 1.165) is 37.9 Å². The monoisotopic (exact) mass is 480 g/mol. The fourth-order valence-corrected chi connectivity index (χ4v) is 5.40.